The molecule has 1 saturated heterocycles. The second kappa shape index (κ2) is 6.28. The maximum Gasteiger partial charge on any atom is 0.410 e. The van der Waals surface area contributed by atoms with E-state index in [1.54, 1.807) is 4.90 Å². The fourth-order valence-electron chi connectivity index (χ4n) is 3.64. The molecule has 2 aliphatic rings. The molecular formula is C19H29N3O4. The summed E-state index contributed by atoms with van der Waals surface area (Å²) >= 11 is 0. The van der Waals surface area contributed by atoms with Crippen molar-refractivity contribution in [3.8, 4) is 5.75 Å². The zero-order valence-electron chi connectivity index (χ0n) is 16.6. The van der Waals surface area contributed by atoms with Crippen LogP contribution in [0.15, 0.2) is 0 Å². The minimum absolute atomic E-state index is 0.0273. The molecule has 0 aromatic carbocycles. The third kappa shape index (κ3) is 3.44. The van der Waals surface area contributed by atoms with Gasteiger partial charge in [0.05, 0.1) is 12.1 Å². The molecule has 0 radical (unpaired) electrons. The zero-order valence-corrected chi connectivity index (χ0v) is 16.6. The Bertz CT molecular complexity index is 722. The highest BCUT2D eigenvalue weighted by atomic mass is 16.6. The average molecular weight is 363 g/mol. The molecule has 0 bridgehead atoms. The summed E-state index contributed by atoms with van der Waals surface area (Å²) in [6.07, 6.45) is 1.24. The van der Waals surface area contributed by atoms with Gasteiger partial charge < -0.3 is 14.4 Å². The number of carbonyl (C=O) groups excluding carboxylic acids is 2. The number of aromatic nitrogens is 2. The average Bonchev–Trinajstić information content (AvgIpc) is 2.84. The second-order valence-corrected chi connectivity index (χ2v) is 8.65. The van der Waals surface area contributed by atoms with E-state index in [9.17, 15) is 9.59 Å². The molecule has 0 saturated carbocycles. The van der Waals surface area contributed by atoms with E-state index >= 15 is 0 Å². The van der Waals surface area contributed by atoms with Crippen molar-refractivity contribution < 1.29 is 19.1 Å². The molecule has 0 unspecified atom stereocenters. The first-order chi connectivity index (χ1) is 12.0. The third-order valence-electron chi connectivity index (χ3n) is 4.98. The summed E-state index contributed by atoms with van der Waals surface area (Å²) < 4.78 is 13.6. The number of likely N-dealkylation sites (tertiary alicyclic amines) is 1. The molecule has 0 atom stereocenters. The molecule has 7 heteroatoms. The molecule has 1 amide bonds. The summed E-state index contributed by atoms with van der Waals surface area (Å²) in [5.41, 5.74) is 0.271. The monoisotopic (exact) mass is 363 g/mol. The van der Waals surface area contributed by atoms with Crippen molar-refractivity contribution in [1.29, 1.82) is 0 Å². The smallest absolute Gasteiger partial charge is 0.410 e. The van der Waals surface area contributed by atoms with Gasteiger partial charge >= 0.3 is 6.09 Å². The van der Waals surface area contributed by atoms with Crippen molar-refractivity contribution in [2.45, 2.75) is 78.0 Å². The Balaban J connectivity index is 1.74. The number of ether oxygens (including phenoxy) is 2. The van der Waals surface area contributed by atoms with E-state index in [4.69, 9.17) is 9.47 Å². The Morgan fingerprint density at radius 2 is 1.88 bits per heavy atom. The Hall–Kier alpha value is -2.05. The SMILES string of the molecule is Cc1c2c(nn1C(C)C)C(=O)CC1(CCN(C(=O)OC(C)(C)C)CC1)O2. The predicted octanol–water partition coefficient (Wildman–Crippen LogP) is 3.51. The summed E-state index contributed by atoms with van der Waals surface area (Å²) in [6.45, 7) is 12.6. The summed E-state index contributed by atoms with van der Waals surface area (Å²) in [7, 11) is 0. The number of ketones is 1. The molecule has 1 aromatic rings. The Kier molecular flexibility index (Phi) is 4.53. The van der Waals surface area contributed by atoms with Gasteiger partial charge in [-0.15, -0.1) is 0 Å². The quantitative estimate of drug-likeness (QED) is 0.763. The number of hydrogen-bond donors (Lipinski definition) is 0. The van der Waals surface area contributed by atoms with Crippen LogP contribution in [0.2, 0.25) is 0 Å². The van der Waals surface area contributed by atoms with E-state index in [1.807, 2.05) is 46.2 Å². The Labute approximate surface area is 154 Å². The first-order valence-corrected chi connectivity index (χ1v) is 9.31. The van der Waals surface area contributed by atoms with Gasteiger partial charge in [-0.2, -0.15) is 5.10 Å². The van der Waals surface area contributed by atoms with Crippen LogP contribution in [0.3, 0.4) is 0 Å². The fourth-order valence-corrected chi connectivity index (χ4v) is 3.64. The molecule has 1 spiro atoms. The molecule has 1 fully saturated rings. The molecule has 2 aliphatic heterocycles. The third-order valence-corrected chi connectivity index (χ3v) is 4.98. The maximum atomic E-state index is 12.7. The van der Waals surface area contributed by atoms with Gasteiger partial charge in [0.15, 0.2) is 17.2 Å². The number of rotatable bonds is 1. The number of carbonyl (C=O) groups is 2. The fraction of sp³-hybridized carbons (Fsp3) is 0.737. The van der Waals surface area contributed by atoms with Gasteiger partial charge in [0.1, 0.15) is 11.2 Å². The molecule has 3 heterocycles. The van der Waals surface area contributed by atoms with Gasteiger partial charge in [-0.3, -0.25) is 9.48 Å². The van der Waals surface area contributed by atoms with Crippen molar-refractivity contribution >= 4 is 11.9 Å². The molecule has 0 aliphatic carbocycles. The minimum Gasteiger partial charge on any atom is -0.482 e. The molecule has 3 rings (SSSR count). The lowest BCUT2D eigenvalue weighted by Gasteiger charge is -2.43. The van der Waals surface area contributed by atoms with Crippen molar-refractivity contribution in [1.82, 2.24) is 14.7 Å². The normalized spacial score (nSPS) is 19.5. The maximum absolute atomic E-state index is 12.7. The Morgan fingerprint density at radius 3 is 2.42 bits per heavy atom. The zero-order chi connectivity index (χ0) is 19.3. The lowest BCUT2D eigenvalue weighted by atomic mass is 9.83. The van der Waals surface area contributed by atoms with Crippen molar-refractivity contribution in [2.75, 3.05) is 13.1 Å². The van der Waals surface area contributed by atoms with Crippen LogP contribution in [-0.2, 0) is 4.74 Å². The van der Waals surface area contributed by atoms with Gasteiger partial charge in [-0.1, -0.05) is 0 Å². The van der Waals surface area contributed by atoms with E-state index in [2.05, 4.69) is 5.10 Å². The summed E-state index contributed by atoms with van der Waals surface area (Å²) in [5.74, 6) is 0.639. The highest BCUT2D eigenvalue weighted by Gasteiger charge is 2.46. The molecule has 7 nitrogen and oxygen atoms in total. The number of nitrogens with zero attached hydrogens (tertiary/aromatic N) is 3. The van der Waals surface area contributed by atoms with Crippen LogP contribution in [0.4, 0.5) is 4.79 Å². The predicted molar refractivity (Wildman–Crippen MR) is 96.7 cm³/mol. The van der Waals surface area contributed by atoms with E-state index in [-0.39, 0.29) is 17.9 Å². The van der Waals surface area contributed by atoms with E-state index in [0.717, 1.165) is 5.69 Å². The summed E-state index contributed by atoms with van der Waals surface area (Å²) in [6, 6.07) is 0.168. The van der Waals surface area contributed by atoms with Crippen molar-refractivity contribution in [3.05, 3.63) is 11.4 Å². The summed E-state index contributed by atoms with van der Waals surface area (Å²) in [5, 5.41) is 4.45. The molecule has 1 aromatic heterocycles. The van der Waals surface area contributed by atoms with E-state index in [1.165, 1.54) is 0 Å². The van der Waals surface area contributed by atoms with Gasteiger partial charge in [0, 0.05) is 32.0 Å². The molecule has 0 N–H and O–H groups in total. The van der Waals surface area contributed by atoms with Crippen molar-refractivity contribution in [3.63, 3.8) is 0 Å². The first-order valence-electron chi connectivity index (χ1n) is 9.31. The second-order valence-electron chi connectivity index (χ2n) is 8.65. The number of amides is 1. The Morgan fingerprint density at radius 1 is 1.27 bits per heavy atom. The highest BCUT2D eigenvalue weighted by molar-refractivity contribution is 5.99. The van der Waals surface area contributed by atoms with E-state index in [0.29, 0.717) is 43.8 Å². The van der Waals surface area contributed by atoms with Crippen LogP contribution in [-0.4, -0.2) is 50.8 Å². The first kappa shape index (κ1) is 18.7. The van der Waals surface area contributed by atoms with Crippen molar-refractivity contribution in [2.24, 2.45) is 0 Å². The topological polar surface area (TPSA) is 73.7 Å². The summed E-state index contributed by atoms with van der Waals surface area (Å²) in [4.78, 5) is 26.7. The number of piperidine rings is 1. The number of Topliss-reactive ketones (excluding diaryl/α,β-unsaturated/α-hetero) is 1. The molecule has 26 heavy (non-hydrogen) atoms. The van der Waals surface area contributed by atoms with Gasteiger partial charge in [0.25, 0.3) is 0 Å². The van der Waals surface area contributed by atoms with Gasteiger partial charge in [-0.25, -0.2) is 4.79 Å². The van der Waals surface area contributed by atoms with Gasteiger partial charge in [-0.05, 0) is 41.5 Å². The molecular weight excluding hydrogens is 334 g/mol. The molecule has 144 valence electrons. The van der Waals surface area contributed by atoms with Crippen LogP contribution in [0.1, 0.15) is 76.1 Å². The van der Waals surface area contributed by atoms with Crippen LogP contribution >= 0.6 is 0 Å². The lowest BCUT2D eigenvalue weighted by Crippen LogP contribution is -2.53. The lowest BCUT2D eigenvalue weighted by molar-refractivity contribution is -0.0230. The van der Waals surface area contributed by atoms with Gasteiger partial charge in [0.2, 0.25) is 0 Å². The van der Waals surface area contributed by atoms with Crippen LogP contribution < -0.4 is 4.74 Å². The van der Waals surface area contributed by atoms with Crippen LogP contribution in [0.25, 0.3) is 0 Å². The number of hydrogen-bond acceptors (Lipinski definition) is 5. The largest absolute Gasteiger partial charge is 0.482 e. The van der Waals surface area contributed by atoms with Crippen LogP contribution in [0, 0.1) is 6.92 Å². The highest BCUT2D eigenvalue weighted by Crippen LogP contribution is 2.41. The standard InChI is InChI=1S/C19H29N3O4/c1-12(2)22-13(3)16-15(20-22)14(23)11-19(25-16)7-9-21(10-8-19)17(24)26-18(4,5)6/h12H,7-11H2,1-6H3. The minimum atomic E-state index is -0.543. The van der Waals surface area contributed by atoms with E-state index < -0.39 is 11.2 Å². The number of fused-ring (bicyclic) bond motifs is 1. The van der Waals surface area contributed by atoms with Crippen LogP contribution in [0.5, 0.6) is 5.75 Å².